The Bertz CT molecular complexity index is 1280. The van der Waals surface area contributed by atoms with Crippen molar-refractivity contribution in [1.29, 1.82) is 5.26 Å². The van der Waals surface area contributed by atoms with Crippen LogP contribution in [0.1, 0.15) is 50.8 Å². The Hall–Kier alpha value is -3.61. The molecule has 212 valence electrons. The largest absolute Gasteiger partial charge is 0.422 e. The van der Waals surface area contributed by atoms with Crippen molar-refractivity contribution in [3.05, 3.63) is 53.9 Å². The van der Waals surface area contributed by atoms with Gasteiger partial charge in [-0.1, -0.05) is 30.3 Å². The summed E-state index contributed by atoms with van der Waals surface area (Å²) in [5, 5.41) is 13.6. The van der Waals surface area contributed by atoms with E-state index in [1.165, 1.54) is 24.9 Å². The molecule has 3 fully saturated rings. The number of carbonyl (C=O) groups is 1. The molecule has 0 saturated carbocycles. The maximum atomic E-state index is 12.6. The quantitative estimate of drug-likeness (QED) is 0.473. The van der Waals surface area contributed by atoms with Crippen molar-refractivity contribution < 1.29 is 14.3 Å². The molecule has 0 N–H and O–H groups in total. The zero-order chi connectivity index (χ0) is 28.3. The molecule has 1 amide bonds. The van der Waals surface area contributed by atoms with Crippen molar-refractivity contribution in [1.82, 2.24) is 19.4 Å². The van der Waals surface area contributed by atoms with Gasteiger partial charge in [-0.3, -0.25) is 0 Å². The monoisotopic (exact) mass is 544 g/mol. The molecule has 3 saturated heterocycles. The number of likely N-dealkylation sites (tertiary alicyclic amines) is 1. The summed E-state index contributed by atoms with van der Waals surface area (Å²) in [7, 11) is 0. The van der Waals surface area contributed by atoms with E-state index >= 15 is 0 Å². The number of piperazine rings is 1. The second-order valence-corrected chi connectivity index (χ2v) is 11.3. The fourth-order valence-electron chi connectivity index (χ4n) is 5.90. The highest BCUT2D eigenvalue weighted by atomic mass is 16.6. The molecule has 4 heterocycles. The van der Waals surface area contributed by atoms with Crippen molar-refractivity contribution in [2.24, 2.45) is 5.10 Å². The predicted molar refractivity (Wildman–Crippen MR) is 156 cm³/mol. The van der Waals surface area contributed by atoms with E-state index in [-0.39, 0.29) is 13.2 Å². The number of rotatable bonds is 7. The van der Waals surface area contributed by atoms with Gasteiger partial charge in [0.1, 0.15) is 19.3 Å². The molecule has 9 heteroatoms. The van der Waals surface area contributed by atoms with Gasteiger partial charge in [-0.15, -0.1) is 0 Å². The number of aromatic nitrogens is 1. The third-order valence-electron chi connectivity index (χ3n) is 8.42. The van der Waals surface area contributed by atoms with Crippen LogP contribution >= 0.6 is 0 Å². The van der Waals surface area contributed by atoms with E-state index in [1.807, 2.05) is 17.8 Å². The molecular formula is C31H40N6O3. The third kappa shape index (κ3) is 5.65. The van der Waals surface area contributed by atoms with Gasteiger partial charge < -0.3 is 24.2 Å². The van der Waals surface area contributed by atoms with Crippen LogP contribution in [0, 0.1) is 11.3 Å². The van der Waals surface area contributed by atoms with Gasteiger partial charge in [0.15, 0.2) is 0 Å². The molecule has 2 aromatic rings. The van der Waals surface area contributed by atoms with E-state index < -0.39 is 11.7 Å². The molecule has 40 heavy (non-hydrogen) atoms. The minimum Gasteiger partial charge on any atom is -0.422 e. The molecule has 5 rings (SSSR count). The Morgan fingerprint density at radius 2 is 1.85 bits per heavy atom. The molecule has 0 spiro atoms. The van der Waals surface area contributed by atoms with Gasteiger partial charge in [0.2, 0.25) is 5.60 Å². The van der Waals surface area contributed by atoms with Crippen molar-refractivity contribution in [3.63, 3.8) is 0 Å². The van der Waals surface area contributed by atoms with E-state index in [4.69, 9.17) is 9.47 Å². The zero-order valence-electron chi connectivity index (χ0n) is 23.9. The predicted octanol–water partition coefficient (Wildman–Crippen LogP) is 4.61. The minimum absolute atomic E-state index is 0.131. The SMILES string of the molecule is C=Nn1cc(-c2ccc([C@@H]3CCCN(C(C)C)C3)cc2)cc1/C(=C\C)N1CCN(C(=O)OC2(C#N)COC2)CC1. The molecule has 0 unspecified atom stereocenters. The first-order valence-corrected chi connectivity index (χ1v) is 14.3. The molecule has 3 aliphatic rings. The van der Waals surface area contributed by atoms with Crippen LogP contribution in [0.4, 0.5) is 4.79 Å². The number of nitrogens with zero attached hydrogens (tertiary/aromatic N) is 6. The average molecular weight is 545 g/mol. The summed E-state index contributed by atoms with van der Waals surface area (Å²) in [4.78, 5) is 19.1. The fourth-order valence-corrected chi connectivity index (χ4v) is 5.90. The highest BCUT2D eigenvalue weighted by Gasteiger charge is 2.44. The summed E-state index contributed by atoms with van der Waals surface area (Å²) in [6.45, 7) is 15.3. The van der Waals surface area contributed by atoms with Crippen LogP contribution in [0.2, 0.25) is 0 Å². The molecule has 1 aromatic heterocycles. The maximum Gasteiger partial charge on any atom is 0.411 e. The summed E-state index contributed by atoms with van der Waals surface area (Å²) in [6, 6.07) is 13.8. The zero-order valence-corrected chi connectivity index (χ0v) is 23.9. The van der Waals surface area contributed by atoms with Crippen LogP contribution in [-0.4, -0.2) is 96.3 Å². The smallest absolute Gasteiger partial charge is 0.411 e. The first-order chi connectivity index (χ1) is 19.4. The van der Waals surface area contributed by atoms with Gasteiger partial charge in [0, 0.05) is 57.2 Å². The van der Waals surface area contributed by atoms with Gasteiger partial charge in [0.25, 0.3) is 0 Å². The second-order valence-electron chi connectivity index (χ2n) is 11.3. The Kier molecular flexibility index (Phi) is 8.29. The third-order valence-corrected chi connectivity index (χ3v) is 8.42. The van der Waals surface area contributed by atoms with Crippen LogP contribution in [0.25, 0.3) is 16.8 Å². The van der Waals surface area contributed by atoms with Crippen LogP contribution < -0.4 is 0 Å². The summed E-state index contributed by atoms with van der Waals surface area (Å²) in [6.07, 6.45) is 6.14. The first kappa shape index (κ1) is 27.9. The number of hydrogen-bond donors (Lipinski definition) is 0. The van der Waals surface area contributed by atoms with Gasteiger partial charge in [-0.2, -0.15) is 10.4 Å². The van der Waals surface area contributed by atoms with Gasteiger partial charge in [0.05, 0.1) is 11.4 Å². The second kappa shape index (κ2) is 11.9. The Labute approximate surface area is 237 Å². The molecule has 0 radical (unpaired) electrons. The lowest BCUT2D eigenvalue weighted by molar-refractivity contribution is -0.150. The number of ether oxygens (including phenoxy) is 2. The molecule has 0 aliphatic carbocycles. The number of piperidine rings is 1. The van der Waals surface area contributed by atoms with E-state index in [2.05, 4.69) is 77.9 Å². The van der Waals surface area contributed by atoms with E-state index in [1.54, 1.807) is 4.90 Å². The molecule has 1 atom stereocenters. The van der Waals surface area contributed by atoms with E-state index in [0.717, 1.165) is 29.1 Å². The van der Waals surface area contributed by atoms with Crippen LogP contribution in [0.15, 0.2) is 47.7 Å². The molecule has 0 bridgehead atoms. The lowest BCUT2D eigenvalue weighted by atomic mass is 9.89. The van der Waals surface area contributed by atoms with Crippen LogP contribution in [0.5, 0.6) is 0 Å². The fraction of sp³-hybridized carbons (Fsp3) is 0.516. The molecule has 1 aromatic carbocycles. The van der Waals surface area contributed by atoms with Gasteiger partial charge >= 0.3 is 6.09 Å². The van der Waals surface area contributed by atoms with Gasteiger partial charge in [-0.25, -0.2) is 9.47 Å². The highest BCUT2D eigenvalue weighted by Crippen LogP contribution is 2.32. The summed E-state index contributed by atoms with van der Waals surface area (Å²) < 4.78 is 12.4. The highest BCUT2D eigenvalue weighted by molar-refractivity contribution is 5.72. The number of benzene rings is 1. The Morgan fingerprint density at radius 1 is 1.15 bits per heavy atom. The first-order valence-electron chi connectivity index (χ1n) is 14.3. The lowest BCUT2D eigenvalue weighted by Gasteiger charge is -2.39. The summed E-state index contributed by atoms with van der Waals surface area (Å²) in [5.74, 6) is 0.582. The Balaban J connectivity index is 1.25. The van der Waals surface area contributed by atoms with Crippen molar-refractivity contribution in [3.8, 4) is 17.2 Å². The van der Waals surface area contributed by atoms with E-state index in [9.17, 15) is 10.1 Å². The van der Waals surface area contributed by atoms with Crippen LogP contribution in [-0.2, 0) is 9.47 Å². The van der Waals surface area contributed by atoms with Gasteiger partial charge in [-0.05, 0) is 63.3 Å². The van der Waals surface area contributed by atoms with Crippen LogP contribution in [0.3, 0.4) is 0 Å². The Morgan fingerprint density at radius 3 is 2.42 bits per heavy atom. The standard InChI is InChI=1S/C31H40N6O3/c1-5-28(34-13-15-35(16-14-34)30(38)40-31(20-32)21-39-22-31)29-17-27(19-37(29)33-4)25-10-8-24(9-11-25)26-7-6-12-36(18-26)23(2)3/h5,8-11,17,19,23,26H,4,6-7,12-16,18,21-22H2,1-3H3/b28-5+/t26-/m1/s1. The molecule has 3 aliphatic heterocycles. The normalized spacial score (nSPS) is 21.6. The number of nitriles is 1. The van der Waals surface area contributed by atoms with E-state index in [0.29, 0.717) is 38.1 Å². The van der Waals surface area contributed by atoms with Crippen molar-refractivity contribution in [2.75, 3.05) is 52.5 Å². The van der Waals surface area contributed by atoms with Crippen molar-refractivity contribution in [2.45, 2.75) is 51.2 Å². The minimum atomic E-state index is -1.14. The lowest BCUT2D eigenvalue weighted by Crippen LogP contribution is -2.56. The summed E-state index contributed by atoms with van der Waals surface area (Å²) in [5.41, 5.74) is 4.51. The number of hydrogen-bond acceptors (Lipinski definition) is 7. The maximum absolute atomic E-state index is 12.6. The number of carbonyl (C=O) groups excluding carboxylic acids is 1. The molecule has 9 nitrogen and oxygen atoms in total. The van der Waals surface area contributed by atoms with Crippen molar-refractivity contribution >= 4 is 18.5 Å². The topological polar surface area (TPSA) is 86.3 Å². The number of amides is 1. The summed E-state index contributed by atoms with van der Waals surface area (Å²) >= 11 is 0. The average Bonchev–Trinajstić information content (AvgIpc) is 3.40. The number of allylic oxidation sites excluding steroid dienone is 1. The molecular weight excluding hydrogens is 504 g/mol.